The Balaban J connectivity index is 3.85. The van der Waals surface area contributed by atoms with Gasteiger partial charge in [-0.2, -0.15) is 0 Å². The van der Waals surface area contributed by atoms with Crippen molar-refractivity contribution in [1.29, 1.82) is 0 Å². The summed E-state index contributed by atoms with van der Waals surface area (Å²) >= 11 is 0. The van der Waals surface area contributed by atoms with Gasteiger partial charge in [0.2, 0.25) is 0 Å². The summed E-state index contributed by atoms with van der Waals surface area (Å²) < 4.78 is 0. The second-order valence-corrected chi connectivity index (χ2v) is 2.78. The Bertz CT molecular complexity index is 152. The van der Waals surface area contributed by atoms with Crippen LogP contribution in [0.25, 0.3) is 0 Å². The molecule has 0 N–H and O–H groups in total. The molecule has 0 aromatic rings. The van der Waals surface area contributed by atoms with E-state index in [9.17, 15) is 4.79 Å². The third-order valence-corrected chi connectivity index (χ3v) is 1.80. The van der Waals surface area contributed by atoms with Gasteiger partial charge in [-0.05, 0) is 33.5 Å². The van der Waals surface area contributed by atoms with Gasteiger partial charge in [0.1, 0.15) is 0 Å². The maximum absolute atomic E-state index is 10.6. The molecule has 1 atom stereocenters. The summed E-state index contributed by atoms with van der Waals surface area (Å²) in [6, 6.07) is 0.351. The summed E-state index contributed by atoms with van der Waals surface area (Å²) in [4.78, 5) is 12.7. The lowest BCUT2D eigenvalue weighted by molar-refractivity contribution is -0.112. The van der Waals surface area contributed by atoms with E-state index in [0.717, 1.165) is 6.54 Å². The van der Waals surface area contributed by atoms with Gasteiger partial charge in [-0.3, -0.25) is 4.79 Å². The molecule has 11 heavy (non-hydrogen) atoms. The van der Waals surface area contributed by atoms with Crippen molar-refractivity contribution in [1.82, 2.24) is 4.90 Å². The zero-order valence-electron chi connectivity index (χ0n) is 7.79. The molecule has 0 saturated heterocycles. The highest BCUT2D eigenvalue weighted by Gasteiger charge is 2.01. The van der Waals surface area contributed by atoms with Gasteiger partial charge in [0.25, 0.3) is 0 Å². The van der Waals surface area contributed by atoms with Crippen LogP contribution in [0.1, 0.15) is 20.8 Å². The van der Waals surface area contributed by atoms with Gasteiger partial charge in [0.15, 0.2) is 5.78 Å². The number of carbonyl (C=O) groups is 1. The molecule has 0 unspecified atom stereocenters. The highest BCUT2D eigenvalue weighted by Crippen LogP contribution is 1.95. The Labute approximate surface area is 68.9 Å². The fourth-order valence-electron chi connectivity index (χ4n) is 0.710. The molecule has 0 amide bonds. The molecule has 0 spiro atoms. The Hall–Kier alpha value is -0.630. The van der Waals surface area contributed by atoms with Crippen LogP contribution in [0.2, 0.25) is 0 Å². The zero-order valence-corrected chi connectivity index (χ0v) is 7.79. The van der Waals surface area contributed by atoms with Crippen LogP contribution in [0, 0.1) is 0 Å². The van der Waals surface area contributed by atoms with Crippen molar-refractivity contribution in [2.24, 2.45) is 0 Å². The molecule has 0 radical (unpaired) electrons. The van der Waals surface area contributed by atoms with Crippen molar-refractivity contribution >= 4 is 5.78 Å². The first-order valence-corrected chi connectivity index (χ1v) is 3.97. The molecule has 2 heteroatoms. The van der Waals surface area contributed by atoms with Crippen molar-refractivity contribution in [3.8, 4) is 0 Å². The van der Waals surface area contributed by atoms with Crippen LogP contribution in [-0.2, 0) is 4.79 Å². The highest BCUT2D eigenvalue weighted by atomic mass is 16.1. The molecule has 0 aliphatic rings. The summed E-state index contributed by atoms with van der Waals surface area (Å²) in [5, 5.41) is 0. The van der Waals surface area contributed by atoms with Gasteiger partial charge < -0.3 is 4.90 Å². The predicted octanol–water partition coefficient (Wildman–Crippen LogP) is 1.47. The van der Waals surface area contributed by atoms with Gasteiger partial charge in [-0.15, -0.1) is 0 Å². The topological polar surface area (TPSA) is 20.3 Å². The summed E-state index contributed by atoms with van der Waals surface area (Å²) in [6.07, 6.45) is 3.54. The molecule has 0 aromatic carbocycles. The van der Waals surface area contributed by atoms with Crippen LogP contribution in [0.3, 0.4) is 0 Å². The number of rotatable bonds is 4. The van der Waals surface area contributed by atoms with Gasteiger partial charge in [-0.1, -0.05) is 13.0 Å². The molecule has 64 valence electrons. The number of hydrogen-bond acceptors (Lipinski definition) is 2. The standard InChI is InChI=1S/C9H17NO/c1-5-10(4)8(2)6-7-9(3)11/h6-8H,5H2,1-4H3/b7-6+/t8-/m0/s1. The van der Waals surface area contributed by atoms with Gasteiger partial charge in [0, 0.05) is 6.04 Å². The maximum Gasteiger partial charge on any atom is 0.152 e. The van der Waals surface area contributed by atoms with Crippen molar-refractivity contribution < 1.29 is 4.79 Å². The van der Waals surface area contributed by atoms with Crippen molar-refractivity contribution in [2.75, 3.05) is 13.6 Å². The van der Waals surface area contributed by atoms with Gasteiger partial charge >= 0.3 is 0 Å². The van der Waals surface area contributed by atoms with E-state index in [1.165, 1.54) is 0 Å². The number of carbonyl (C=O) groups excluding carboxylic acids is 1. The van der Waals surface area contributed by atoms with Crippen LogP contribution < -0.4 is 0 Å². The zero-order chi connectivity index (χ0) is 8.85. The molecule has 0 heterocycles. The monoisotopic (exact) mass is 155 g/mol. The molecule has 0 aromatic heterocycles. The smallest absolute Gasteiger partial charge is 0.152 e. The number of allylic oxidation sites excluding steroid dienone is 1. The van der Waals surface area contributed by atoms with Gasteiger partial charge in [-0.25, -0.2) is 0 Å². The van der Waals surface area contributed by atoms with Crippen LogP contribution in [0.5, 0.6) is 0 Å². The minimum absolute atomic E-state index is 0.112. The van der Waals surface area contributed by atoms with Crippen molar-refractivity contribution in [2.45, 2.75) is 26.8 Å². The molecule has 0 aliphatic carbocycles. The van der Waals surface area contributed by atoms with E-state index < -0.39 is 0 Å². The minimum atomic E-state index is 0.112. The summed E-state index contributed by atoms with van der Waals surface area (Å²) in [5.74, 6) is 0.112. The van der Waals surface area contributed by atoms with E-state index in [0.29, 0.717) is 6.04 Å². The Morgan fingerprint density at radius 3 is 2.55 bits per heavy atom. The first kappa shape index (κ1) is 10.4. The summed E-state index contributed by atoms with van der Waals surface area (Å²) in [7, 11) is 2.04. The van der Waals surface area contributed by atoms with Crippen LogP contribution in [-0.4, -0.2) is 30.3 Å². The van der Waals surface area contributed by atoms with E-state index in [-0.39, 0.29) is 5.78 Å². The second-order valence-electron chi connectivity index (χ2n) is 2.78. The van der Waals surface area contributed by atoms with Gasteiger partial charge in [0.05, 0.1) is 0 Å². The average molecular weight is 155 g/mol. The fourth-order valence-corrected chi connectivity index (χ4v) is 0.710. The van der Waals surface area contributed by atoms with Crippen molar-refractivity contribution in [3.05, 3.63) is 12.2 Å². The lowest BCUT2D eigenvalue weighted by atomic mass is 10.2. The lowest BCUT2D eigenvalue weighted by Gasteiger charge is -2.19. The highest BCUT2D eigenvalue weighted by molar-refractivity contribution is 5.87. The quantitative estimate of drug-likeness (QED) is 0.573. The van der Waals surface area contributed by atoms with Crippen LogP contribution >= 0.6 is 0 Å². The molecule has 2 nitrogen and oxygen atoms in total. The molecule has 0 bridgehead atoms. The Kier molecular flexibility index (Phi) is 4.79. The van der Waals surface area contributed by atoms with E-state index in [1.807, 2.05) is 13.1 Å². The largest absolute Gasteiger partial charge is 0.301 e. The number of nitrogens with zero attached hydrogens (tertiary/aromatic N) is 1. The minimum Gasteiger partial charge on any atom is -0.301 e. The molecule has 0 aliphatic heterocycles. The Morgan fingerprint density at radius 2 is 2.18 bits per heavy atom. The van der Waals surface area contributed by atoms with E-state index in [2.05, 4.69) is 18.7 Å². The summed E-state index contributed by atoms with van der Waals surface area (Å²) in [6.45, 7) is 6.74. The maximum atomic E-state index is 10.6. The molecular weight excluding hydrogens is 138 g/mol. The third kappa shape index (κ3) is 4.73. The molecule has 0 fully saturated rings. The first-order chi connectivity index (χ1) is 5.07. The Morgan fingerprint density at radius 1 is 1.64 bits per heavy atom. The van der Waals surface area contributed by atoms with Crippen LogP contribution in [0.15, 0.2) is 12.2 Å². The van der Waals surface area contributed by atoms with Crippen LogP contribution in [0.4, 0.5) is 0 Å². The fraction of sp³-hybridized carbons (Fsp3) is 0.667. The molecular formula is C9H17NO. The van der Waals surface area contributed by atoms with E-state index >= 15 is 0 Å². The van der Waals surface area contributed by atoms with E-state index in [4.69, 9.17) is 0 Å². The molecule has 0 saturated carbocycles. The number of hydrogen-bond donors (Lipinski definition) is 0. The average Bonchev–Trinajstić information content (AvgIpc) is 1.98. The number of likely N-dealkylation sites (N-methyl/N-ethyl adjacent to an activating group) is 1. The van der Waals surface area contributed by atoms with E-state index in [1.54, 1.807) is 13.0 Å². The van der Waals surface area contributed by atoms with Crippen molar-refractivity contribution in [3.63, 3.8) is 0 Å². The molecule has 0 rings (SSSR count). The predicted molar refractivity (Wildman–Crippen MR) is 47.6 cm³/mol. The second kappa shape index (κ2) is 5.08. The number of ketones is 1. The first-order valence-electron chi connectivity index (χ1n) is 3.97. The normalized spacial score (nSPS) is 14.3. The lowest BCUT2D eigenvalue weighted by Crippen LogP contribution is -2.26. The third-order valence-electron chi connectivity index (χ3n) is 1.80. The summed E-state index contributed by atoms with van der Waals surface area (Å²) in [5.41, 5.74) is 0. The SMILES string of the molecule is CCN(C)[C@@H](C)/C=C/C(C)=O.